The van der Waals surface area contributed by atoms with Crippen molar-refractivity contribution < 1.29 is 9.59 Å². The van der Waals surface area contributed by atoms with Crippen LogP contribution in [0.25, 0.3) is 0 Å². The van der Waals surface area contributed by atoms with E-state index in [1.807, 2.05) is 60.7 Å². The van der Waals surface area contributed by atoms with E-state index in [2.05, 4.69) is 10.6 Å². The van der Waals surface area contributed by atoms with Crippen molar-refractivity contribution in [2.75, 3.05) is 13.1 Å². The van der Waals surface area contributed by atoms with Gasteiger partial charge in [0.2, 0.25) is 5.91 Å². The summed E-state index contributed by atoms with van der Waals surface area (Å²) in [7, 11) is 0. The Kier molecular flexibility index (Phi) is 4.57. The van der Waals surface area contributed by atoms with Gasteiger partial charge in [-0.05, 0) is 11.1 Å². The number of carbonyl (C=O) groups is 2. The van der Waals surface area contributed by atoms with Crippen LogP contribution >= 0.6 is 0 Å². The highest BCUT2D eigenvalue weighted by atomic mass is 16.2. The van der Waals surface area contributed by atoms with E-state index in [1.54, 1.807) is 4.90 Å². The minimum absolute atomic E-state index is 0.141. The first-order chi connectivity index (χ1) is 11.3. The standard InChI is InChI=1S/C18H19N3O2/c22-17-16(15-9-5-2-6-10-15)21(12-11-19-17)18(23)20-13-14-7-3-1-4-8-14/h1-10,16H,11-13H2,(H,19,22)(H,20,23). The number of urea groups is 1. The fourth-order valence-electron chi connectivity index (χ4n) is 2.73. The minimum atomic E-state index is -0.583. The van der Waals surface area contributed by atoms with Gasteiger partial charge in [0.25, 0.3) is 0 Å². The van der Waals surface area contributed by atoms with E-state index in [-0.39, 0.29) is 11.9 Å². The Morgan fingerprint density at radius 2 is 1.74 bits per heavy atom. The van der Waals surface area contributed by atoms with Crippen molar-refractivity contribution in [3.8, 4) is 0 Å². The van der Waals surface area contributed by atoms with Gasteiger partial charge in [-0.25, -0.2) is 4.79 Å². The lowest BCUT2D eigenvalue weighted by atomic mass is 10.0. The molecular weight excluding hydrogens is 290 g/mol. The Balaban J connectivity index is 1.73. The molecule has 0 radical (unpaired) electrons. The Labute approximate surface area is 135 Å². The average Bonchev–Trinajstić information content (AvgIpc) is 2.61. The van der Waals surface area contributed by atoms with E-state index < -0.39 is 6.04 Å². The Morgan fingerprint density at radius 1 is 1.09 bits per heavy atom. The number of nitrogens with zero attached hydrogens (tertiary/aromatic N) is 1. The third kappa shape index (κ3) is 3.51. The maximum Gasteiger partial charge on any atom is 0.318 e. The molecule has 23 heavy (non-hydrogen) atoms. The number of hydrogen-bond acceptors (Lipinski definition) is 2. The summed E-state index contributed by atoms with van der Waals surface area (Å²) in [6.07, 6.45) is 0. The number of rotatable bonds is 3. The van der Waals surface area contributed by atoms with Crippen LogP contribution in [-0.2, 0) is 11.3 Å². The van der Waals surface area contributed by atoms with E-state index in [4.69, 9.17) is 0 Å². The van der Waals surface area contributed by atoms with Gasteiger partial charge in [0.1, 0.15) is 6.04 Å². The van der Waals surface area contributed by atoms with Crippen molar-refractivity contribution in [3.05, 3.63) is 71.8 Å². The Morgan fingerprint density at radius 3 is 2.43 bits per heavy atom. The number of nitrogens with one attached hydrogen (secondary N) is 2. The van der Waals surface area contributed by atoms with Crippen LogP contribution in [0.15, 0.2) is 60.7 Å². The van der Waals surface area contributed by atoms with Crippen LogP contribution in [0.1, 0.15) is 17.2 Å². The molecule has 1 aliphatic rings. The van der Waals surface area contributed by atoms with E-state index >= 15 is 0 Å². The predicted molar refractivity (Wildman–Crippen MR) is 87.6 cm³/mol. The summed E-state index contributed by atoms with van der Waals surface area (Å²) in [5, 5.41) is 5.72. The summed E-state index contributed by atoms with van der Waals surface area (Å²) in [5.41, 5.74) is 1.85. The molecular formula is C18H19N3O2. The van der Waals surface area contributed by atoms with Crippen molar-refractivity contribution in [1.29, 1.82) is 0 Å². The molecule has 0 saturated carbocycles. The third-order valence-corrected chi connectivity index (χ3v) is 3.87. The van der Waals surface area contributed by atoms with Crippen LogP contribution in [0.3, 0.4) is 0 Å². The van der Waals surface area contributed by atoms with Gasteiger partial charge in [0, 0.05) is 19.6 Å². The van der Waals surface area contributed by atoms with Gasteiger partial charge >= 0.3 is 6.03 Å². The summed E-state index contributed by atoms with van der Waals surface area (Å²) in [6.45, 7) is 1.41. The number of hydrogen-bond donors (Lipinski definition) is 2. The highest BCUT2D eigenvalue weighted by Crippen LogP contribution is 2.23. The quantitative estimate of drug-likeness (QED) is 0.912. The van der Waals surface area contributed by atoms with Crippen molar-refractivity contribution in [2.45, 2.75) is 12.6 Å². The second-order valence-corrected chi connectivity index (χ2v) is 5.44. The van der Waals surface area contributed by atoms with Crippen molar-refractivity contribution in [1.82, 2.24) is 15.5 Å². The first-order valence-corrected chi connectivity index (χ1v) is 7.67. The van der Waals surface area contributed by atoms with E-state index in [1.165, 1.54) is 0 Å². The van der Waals surface area contributed by atoms with E-state index in [9.17, 15) is 9.59 Å². The first-order valence-electron chi connectivity index (χ1n) is 7.67. The molecule has 1 saturated heterocycles. The second kappa shape index (κ2) is 6.96. The van der Waals surface area contributed by atoms with E-state index in [0.29, 0.717) is 19.6 Å². The molecule has 5 heteroatoms. The summed E-state index contributed by atoms with van der Waals surface area (Å²) >= 11 is 0. The zero-order chi connectivity index (χ0) is 16.1. The maximum atomic E-state index is 12.5. The summed E-state index contributed by atoms with van der Waals surface area (Å²) in [6, 6.07) is 18.3. The fraction of sp³-hybridized carbons (Fsp3) is 0.222. The van der Waals surface area contributed by atoms with Crippen LogP contribution in [0.4, 0.5) is 4.79 Å². The highest BCUT2D eigenvalue weighted by molar-refractivity contribution is 5.89. The van der Waals surface area contributed by atoms with Crippen LogP contribution in [0.2, 0.25) is 0 Å². The number of amides is 3. The molecule has 2 N–H and O–H groups in total. The lowest BCUT2D eigenvalue weighted by Crippen LogP contribution is -2.54. The SMILES string of the molecule is O=C1NCCN(C(=O)NCc2ccccc2)C1c1ccccc1. The maximum absolute atomic E-state index is 12.5. The van der Waals surface area contributed by atoms with Crippen LogP contribution in [0, 0.1) is 0 Å². The molecule has 0 aliphatic carbocycles. The average molecular weight is 309 g/mol. The Bertz CT molecular complexity index is 673. The smallest absolute Gasteiger partial charge is 0.318 e. The number of piperazine rings is 1. The van der Waals surface area contributed by atoms with Gasteiger partial charge in [-0.15, -0.1) is 0 Å². The molecule has 5 nitrogen and oxygen atoms in total. The van der Waals surface area contributed by atoms with Gasteiger partial charge < -0.3 is 15.5 Å². The monoisotopic (exact) mass is 309 g/mol. The van der Waals surface area contributed by atoms with Crippen molar-refractivity contribution >= 4 is 11.9 Å². The van der Waals surface area contributed by atoms with Gasteiger partial charge in [0.05, 0.1) is 0 Å². The summed E-state index contributed by atoms with van der Waals surface area (Å²) in [4.78, 5) is 26.4. The van der Waals surface area contributed by atoms with E-state index in [0.717, 1.165) is 11.1 Å². The second-order valence-electron chi connectivity index (χ2n) is 5.44. The molecule has 0 aromatic heterocycles. The minimum Gasteiger partial charge on any atom is -0.352 e. The predicted octanol–water partition coefficient (Wildman–Crippen LogP) is 2.07. The molecule has 1 atom stereocenters. The Hall–Kier alpha value is -2.82. The molecule has 1 heterocycles. The molecule has 3 amide bonds. The molecule has 1 unspecified atom stereocenters. The summed E-state index contributed by atoms with van der Waals surface area (Å²) < 4.78 is 0. The van der Waals surface area contributed by atoms with Crippen LogP contribution in [-0.4, -0.2) is 29.9 Å². The zero-order valence-corrected chi connectivity index (χ0v) is 12.7. The number of benzene rings is 2. The fourth-order valence-corrected chi connectivity index (χ4v) is 2.73. The number of carbonyl (C=O) groups excluding carboxylic acids is 2. The van der Waals surface area contributed by atoms with Crippen molar-refractivity contribution in [2.24, 2.45) is 0 Å². The molecule has 0 spiro atoms. The van der Waals surface area contributed by atoms with Crippen LogP contribution in [0.5, 0.6) is 0 Å². The van der Waals surface area contributed by atoms with Gasteiger partial charge in [-0.1, -0.05) is 60.7 Å². The molecule has 3 rings (SSSR count). The largest absolute Gasteiger partial charge is 0.352 e. The first kappa shape index (κ1) is 15.1. The molecule has 2 aromatic rings. The molecule has 1 aliphatic heterocycles. The highest BCUT2D eigenvalue weighted by Gasteiger charge is 2.34. The third-order valence-electron chi connectivity index (χ3n) is 3.87. The lowest BCUT2D eigenvalue weighted by molar-refractivity contribution is -0.127. The summed E-state index contributed by atoms with van der Waals surface area (Å²) in [5.74, 6) is -0.141. The molecule has 1 fully saturated rings. The van der Waals surface area contributed by atoms with Gasteiger partial charge in [0.15, 0.2) is 0 Å². The normalized spacial score (nSPS) is 17.5. The lowest BCUT2D eigenvalue weighted by Gasteiger charge is -2.35. The van der Waals surface area contributed by atoms with Gasteiger partial charge in [-0.2, -0.15) is 0 Å². The zero-order valence-electron chi connectivity index (χ0n) is 12.7. The van der Waals surface area contributed by atoms with Gasteiger partial charge in [-0.3, -0.25) is 4.79 Å². The molecule has 2 aromatic carbocycles. The van der Waals surface area contributed by atoms with Crippen LogP contribution < -0.4 is 10.6 Å². The molecule has 118 valence electrons. The van der Waals surface area contributed by atoms with Crippen molar-refractivity contribution in [3.63, 3.8) is 0 Å². The topological polar surface area (TPSA) is 61.4 Å². The molecule has 0 bridgehead atoms.